The van der Waals surface area contributed by atoms with E-state index in [0.717, 1.165) is 16.7 Å². The zero-order valence-electron chi connectivity index (χ0n) is 8.91. The quantitative estimate of drug-likeness (QED) is 0.632. The molecule has 0 spiro atoms. The Bertz CT molecular complexity index is 707. The van der Waals surface area contributed by atoms with Crippen molar-refractivity contribution < 1.29 is 0 Å². The van der Waals surface area contributed by atoms with Gasteiger partial charge in [0.2, 0.25) is 0 Å². The number of hydrogen-bond acceptors (Lipinski definition) is 3. The van der Waals surface area contributed by atoms with Crippen molar-refractivity contribution in [3.8, 4) is 11.8 Å². The second-order valence-corrected chi connectivity index (χ2v) is 3.64. The summed E-state index contributed by atoms with van der Waals surface area (Å²) in [6.45, 7) is 0. The van der Waals surface area contributed by atoms with Crippen molar-refractivity contribution in [1.29, 1.82) is 5.26 Å². The summed E-state index contributed by atoms with van der Waals surface area (Å²) in [5.74, 6) is 0. The van der Waals surface area contributed by atoms with Crippen LogP contribution in [0.5, 0.6) is 0 Å². The molecule has 4 nitrogen and oxygen atoms in total. The number of fused-ring (bicyclic) bond motifs is 1. The molecule has 3 rings (SSSR count). The maximum Gasteiger partial charge on any atom is 0.100 e. The van der Waals surface area contributed by atoms with E-state index in [-0.39, 0.29) is 0 Å². The normalized spacial score (nSPS) is 10.3. The number of rotatable bonds is 1. The maximum absolute atomic E-state index is 8.90. The number of pyridine rings is 1. The van der Waals surface area contributed by atoms with Crippen LogP contribution in [0, 0.1) is 11.3 Å². The first kappa shape index (κ1) is 9.55. The minimum absolute atomic E-state index is 0.628. The topological polar surface area (TPSA) is 54.5 Å². The first-order valence-electron chi connectivity index (χ1n) is 5.16. The number of aromatic nitrogens is 3. The minimum Gasteiger partial charge on any atom is -0.297 e. The van der Waals surface area contributed by atoms with Crippen molar-refractivity contribution in [1.82, 2.24) is 14.5 Å². The van der Waals surface area contributed by atoms with E-state index in [4.69, 9.17) is 5.26 Å². The van der Waals surface area contributed by atoms with Crippen LogP contribution in [0.2, 0.25) is 0 Å². The lowest BCUT2D eigenvalue weighted by Crippen LogP contribution is -1.92. The SMILES string of the molecule is N#Cc1ccc2ncn(-c3cccnc3)c2c1. The van der Waals surface area contributed by atoms with Gasteiger partial charge in [-0.2, -0.15) is 5.26 Å². The Morgan fingerprint density at radius 3 is 2.94 bits per heavy atom. The predicted molar refractivity (Wildman–Crippen MR) is 63.6 cm³/mol. The number of imidazole rings is 1. The van der Waals surface area contributed by atoms with Crippen molar-refractivity contribution in [2.24, 2.45) is 0 Å². The fourth-order valence-electron chi connectivity index (χ4n) is 1.78. The summed E-state index contributed by atoms with van der Waals surface area (Å²) in [5, 5.41) is 8.90. The molecule has 0 amide bonds. The molecule has 0 saturated carbocycles. The molecule has 0 fully saturated rings. The highest BCUT2D eigenvalue weighted by molar-refractivity contribution is 5.78. The standard InChI is InChI=1S/C13H8N4/c14-7-10-3-4-12-13(6-10)17(9-16-12)11-2-1-5-15-8-11/h1-6,8-9H. The van der Waals surface area contributed by atoms with Crippen LogP contribution < -0.4 is 0 Å². The van der Waals surface area contributed by atoms with Crippen LogP contribution in [0.3, 0.4) is 0 Å². The Morgan fingerprint density at radius 2 is 2.18 bits per heavy atom. The van der Waals surface area contributed by atoms with Crippen LogP contribution >= 0.6 is 0 Å². The molecule has 1 aromatic carbocycles. The predicted octanol–water partition coefficient (Wildman–Crippen LogP) is 2.29. The highest BCUT2D eigenvalue weighted by atomic mass is 15.1. The van der Waals surface area contributed by atoms with Crippen LogP contribution in [-0.4, -0.2) is 14.5 Å². The fourth-order valence-corrected chi connectivity index (χ4v) is 1.78. The summed E-state index contributed by atoms with van der Waals surface area (Å²) >= 11 is 0. The summed E-state index contributed by atoms with van der Waals surface area (Å²) < 4.78 is 1.92. The zero-order chi connectivity index (χ0) is 11.7. The highest BCUT2D eigenvalue weighted by Gasteiger charge is 2.05. The van der Waals surface area contributed by atoms with Gasteiger partial charge in [-0.15, -0.1) is 0 Å². The van der Waals surface area contributed by atoms with E-state index in [2.05, 4.69) is 16.0 Å². The Labute approximate surface area is 97.8 Å². The molecule has 80 valence electrons. The molecule has 2 aromatic heterocycles. The average molecular weight is 220 g/mol. The van der Waals surface area contributed by atoms with Crippen LogP contribution in [0.4, 0.5) is 0 Å². The summed E-state index contributed by atoms with van der Waals surface area (Å²) in [5.41, 5.74) is 3.35. The van der Waals surface area contributed by atoms with E-state index in [1.807, 2.05) is 28.8 Å². The third-order valence-corrected chi connectivity index (χ3v) is 2.60. The highest BCUT2D eigenvalue weighted by Crippen LogP contribution is 2.18. The van der Waals surface area contributed by atoms with Gasteiger partial charge in [-0.1, -0.05) is 0 Å². The Hall–Kier alpha value is -2.67. The van der Waals surface area contributed by atoms with Gasteiger partial charge < -0.3 is 0 Å². The van der Waals surface area contributed by atoms with Gasteiger partial charge in [0.1, 0.15) is 6.33 Å². The minimum atomic E-state index is 0.628. The average Bonchev–Trinajstić information content (AvgIpc) is 2.82. The first-order valence-corrected chi connectivity index (χ1v) is 5.16. The molecule has 0 aliphatic carbocycles. The molecule has 0 atom stereocenters. The van der Waals surface area contributed by atoms with E-state index >= 15 is 0 Å². The number of benzene rings is 1. The Morgan fingerprint density at radius 1 is 1.24 bits per heavy atom. The summed E-state index contributed by atoms with van der Waals surface area (Å²) in [6.07, 6.45) is 5.23. The number of hydrogen-bond donors (Lipinski definition) is 0. The fraction of sp³-hybridized carbons (Fsp3) is 0. The van der Waals surface area contributed by atoms with Crippen LogP contribution in [-0.2, 0) is 0 Å². The molecule has 0 saturated heterocycles. The van der Waals surface area contributed by atoms with Crippen LogP contribution in [0.25, 0.3) is 16.7 Å². The van der Waals surface area contributed by atoms with Gasteiger partial charge in [-0.05, 0) is 30.3 Å². The summed E-state index contributed by atoms with van der Waals surface area (Å²) in [6, 6.07) is 11.4. The lowest BCUT2D eigenvalue weighted by molar-refractivity contribution is 1.07. The lowest BCUT2D eigenvalue weighted by Gasteiger charge is -2.02. The van der Waals surface area contributed by atoms with Crippen molar-refractivity contribution in [2.45, 2.75) is 0 Å². The van der Waals surface area contributed by atoms with E-state index in [0.29, 0.717) is 5.56 Å². The molecule has 0 bridgehead atoms. The van der Waals surface area contributed by atoms with Gasteiger partial charge in [0.25, 0.3) is 0 Å². The van der Waals surface area contributed by atoms with Gasteiger partial charge >= 0.3 is 0 Å². The molecule has 0 unspecified atom stereocenters. The monoisotopic (exact) mass is 220 g/mol. The van der Waals surface area contributed by atoms with E-state index < -0.39 is 0 Å². The zero-order valence-corrected chi connectivity index (χ0v) is 8.91. The third-order valence-electron chi connectivity index (χ3n) is 2.60. The second-order valence-electron chi connectivity index (χ2n) is 3.64. The molecular weight excluding hydrogens is 212 g/mol. The van der Waals surface area contributed by atoms with E-state index in [9.17, 15) is 0 Å². The van der Waals surface area contributed by atoms with Crippen molar-refractivity contribution >= 4 is 11.0 Å². The molecule has 0 radical (unpaired) electrons. The molecule has 0 N–H and O–H groups in total. The summed E-state index contributed by atoms with van der Waals surface area (Å²) in [7, 11) is 0. The molecule has 2 heterocycles. The molecule has 0 aliphatic rings. The second kappa shape index (κ2) is 3.72. The van der Waals surface area contributed by atoms with Gasteiger partial charge in [-0.3, -0.25) is 9.55 Å². The van der Waals surface area contributed by atoms with Crippen molar-refractivity contribution in [3.05, 3.63) is 54.6 Å². The Balaban J connectivity index is 2.28. The first-order chi connectivity index (χ1) is 8.38. The smallest absolute Gasteiger partial charge is 0.100 e. The van der Waals surface area contributed by atoms with Crippen molar-refractivity contribution in [2.75, 3.05) is 0 Å². The van der Waals surface area contributed by atoms with Gasteiger partial charge in [0, 0.05) is 6.20 Å². The van der Waals surface area contributed by atoms with Gasteiger partial charge in [0.05, 0.1) is 34.6 Å². The Kier molecular flexibility index (Phi) is 2.09. The molecule has 0 aliphatic heterocycles. The van der Waals surface area contributed by atoms with E-state index in [1.165, 1.54) is 0 Å². The molecule has 17 heavy (non-hydrogen) atoms. The van der Waals surface area contributed by atoms with Gasteiger partial charge in [0.15, 0.2) is 0 Å². The van der Waals surface area contributed by atoms with Gasteiger partial charge in [-0.25, -0.2) is 4.98 Å². The molecular formula is C13H8N4. The van der Waals surface area contributed by atoms with E-state index in [1.54, 1.807) is 24.8 Å². The largest absolute Gasteiger partial charge is 0.297 e. The molecule has 3 aromatic rings. The van der Waals surface area contributed by atoms with Crippen molar-refractivity contribution in [3.63, 3.8) is 0 Å². The summed E-state index contributed by atoms with van der Waals surface area (Å²) in [4.78, 5) is 8.37. The van der Waals surface area contributed by atoms with Crippen LogP contribution in [0.15, 0.2) is 49.1 Å². The number of nitrogens with zero attached hydrogens (tertiary/aromatic N) is 4. The van der Waals surface area contributed by atoms with Crippen LogP contribution in [0.1, 0.15) is 5.56 Å². The maximum atomic E-state index is 8.90. The number of nitriles is 1. The molecule has 4 heteroatoms. The third kappa shape index (κ3) is 1.54. The lowest BCUT2D eigenvalue weighted by atomic mass is 10.2.